The zero-order valence-electron chi connectivity index (χ0n) is 13.3. The number of aryl methyl sites for hydroxylation is 1. The highest BCUT2D eigenvalue weighted by molar-refractivity contribution is 14.1. The number of hydrogen-bond acceptors (Lipinski definition) is 3. The third kappa shape index (κ3) is 4.94. The van der Waals surface area contributed by atoms with Crippen molar-refractivity contribution < 1.29 is 12.6 Å². The first-order valence-corrected chi connectivity index (χ1v) is 10.7. The molecule has 1 unspecified atom stereocenters. The molecule has 0 amide bonds. The topological polar surface area (TPSA) is 43.4 Å². The summed E-state index contributed by atoms with van der Waals surface area (Å²) in [5, 5.41) is 0. The van der Waals surface area contributed by atoms with E-state index in [1.807, 2.05) is 37.3 Å². The summed E-state index contributed by atoms with van der Waals surface area (Å²) in [5.74, 6) is 0.522. The van der Waals surface area contributed by atoms with Crippen LogP contribution in [-0.4, -0.2) is 18.6 Å². The van der Waals surface area contributed by atoms with E-state index >= 15 is 0 Å². The molecule has 0 aliphatic rings. The van der Waals surface area contributed by atoms with Crippen molar-refractivity contribution in [3.05, 3.63) is 65.2 Å². The summed E-state index contributed by atoms with van der Waals surface area (Å²) < 4.78 is 30.1. The Hall–Kier alpha value is -1.08. The van der Waals surface area contributed by atoms with Crippen LogP contribution in [-0.2, 0) is 10.1 Å². The predicted molar refractivity (Wildman–Crippen MR) is 103 cm³/mol. The molecule has 2 aromatic carbocycles. The predicted octanol–water partition coefficient (Wildman–Crippen LogP) is 4.68. The van der Waals surface area contributed by atoms with Gasteiger partial charge in [0.2, 0.25) is 0 Å². The molecule has 5 heteroatoms. The normalized spacial score (nSPS) is 12.8. The Morgan fingerprint density at radius 3 is 2.43 bits per heavy atom. The van der Waals surface area contributed by atoms with Crippen molar-refractivity contribution >= 4 is 32.7 Å². The molecule has 0 saturated heterocycles. The van der Waals surface area contributed by atoms with Crippen LogP contribution in [0.4, 0.5) is 0 Å². The maximum absolute atomic E-state index is 11.9. The molecule has 0 aliphatic heterocycles. The van der Waals surface area contributed by atoms with E-state index in [1.165, 1.54) is 5.56 Å². The van der Waals surface area contributed by atoms with Crippen molar-refractivity contribution in [2.75, 3.05) is 10.2 Å². The van der Waals surface area contributed by atoms with Gasteiger partial charge in [-0.05, 0) is 31.9 Å². The van der Waals surface area contributed by atoms with E-state index in [1.54, 1.807) is 13.0 Å². The molecule has 0 fully saturated rings. The van der Waals surface area contributed by atoms with Gasteiger partial charge in [0.15, 0.2) is 0 Å². The standard InChI is InChI=1S/C18H21IO3S/c1-3-23(20,21)22-18-10-9-14(2)13-17(18)16(11-12-19)15-7-5-4-6-8-15/h4-10,13,16H,3,11-12H2,1-2H3. The molecule has 0 spiro atoms. The summed E-state index contributed by atoms with van der Waals surface area (Å²) in [6, 6.07) is 15.8. The van der Waals surface area contributed by atoms with Crippen LogP contribution in [0.1, 0.15) is 36.0 Å². The van der Waals surface area contributed by atoms with Crippen LogP contribution in [0.3, 0.4) is 0 Å². The van der Waals surface area contributed by atoms with E-state index in [0.717, 1.165) is 22.0 Å². The van der Waals surface area contributed by atoms with Crippen LogP contribution in [0, 0.1) is 6.92 Å². The van der Waals surface area contributed by atoms with Crippen LogP contribution < -0.4 is 4.18 Å². The maximum atomic E-state index is 11.9. The Balaban J connectivity index is 2.51. The maximum Gasteiger partial charge on any atom is 0.308 e. The molecule has 0 aromatic heterocycles. The van der Waals surface area contributed by atoms with Crippen LogP contribution in [0.2, 0.25) is 0 Å². The zero-order chi connectivity index (χ0) is 16.9. The fourth-order valence-electron chi connectivity index (χ4n) is 2.51. The van der Waals surface area contributed by atoms with Gasteiger partial charge in [0, 0.05) is 15.9 Å². The average molecular weight is 444 g/mol. The summed E-state index contributed by atoms with van der Waals surface area (Å²) in [6.45, 7) is 3.59. The van der Waals surface area contributed by atoms with Crippen molar-refractivity contribution in [3.63, 3.8) is 0 Å². The van der Waals surface area contributed by atoms with Crippen molar-refractivity contribution in [3.8, 4) is 5.75 Å². The fourth-order valence-corrected chi connectivity index (χ4v) is 3.67. The summed E-state index contributed by atoms with van der Waals surface area (Å²) in [7, 11) is -3.54. The van der Waals surface area contributed by atoms with Crippen molar-refractivity contribution in [1.82, 2.24) is 0 Å². The van der Waals surface area contributed by atoms with E-state index in [-0.39, 0.29) is 11.7 Å². The number of alkyl halides is 1. The van der Waals surface area contributed by atoms with Crippen LogP contribution in [0.15, 0.2) is 48.5 Å². The highest BCUT2D eigenvalue weighted by atomic mass is 127. The van der Waals surface area contributed by atoms with E-state index in [2.05, 4.69) is 34.7 Å². The first kappa shape index (κ1) is 18.3. The molecule has 0 bridgehead atoms. The molecule has 124 valence electrons. The smallest absolute Gasteiger partial charge is 0.308 e. The molecule has 0 heterocycles. The largest absolute Gasteiger partial charge is 0.382 e. The monoisotopic (exact) mass is 444 g/mol. The summed E-state index contributed by atoms with van der Waals surface area (Å²) in [6.07, 6.45) is 0.927. The molecule has 0 aliphatic carbocycles. The second-order valence-electron chi connectivity index (χ2n) is 5.41. The van der Waals surface area contributed by atoms with Crippen LogP contribution in [0.5, 0.6) is 5.75 Å². The third-order valence-electron chi connectivity index (χ3n) is 3.71. The Morgan fingerprint density at radius 2 is 1.83 bits per heavy atom. The van der Waals surface area contributed by atoms with Crippen molar-refractivity contribution in [2.45, 2.75) is 26.2 Å². The van der Waals surface area contributed by atoms with Gasteiger partial charge in [0.25, 0.3) is 0 Å². The molecule has 0 radical (unpaired) electrons. The van der Waals surface area contributed by atoms with Crippen LogP contribution >= 0.6 is 22.6 Å². The summed E-state index contributed by atoms with van der Waals surface area (Å²) >= 11 is 2.35. The van der Waals surface area contributed by atoms with Crippen LogP contribution in [0.25, 0.3) is 0 Å². The molecule has 3 nitrogen and oxygen atoms in total. The third-order valence-corrected chi connectivity index (χ3v) is 5.47. The first-order valence-electron chi connectivity index (χ1n) is 7.60. The van der Waals surface area contributed by atoms with Gasteiger partial charge in [-0.25, -0.2) is 0 Å². The molecular formula is C18H21IO3S. The lowest BCUT2D eigenvalue weighted by Crippen LogP contribution is -2.14. The number of benzene rings is 2. The molecular weight excluding hydrogens is 423 g/mol. The van der Waals surface area contributed by atoms with E-state index in [4.69, 9.17) is 4.18 Å². The quantitative estimate of drug-likeness (QED) is 0.354. The van der Waals surface area contributed by atoms with Gasteiger partial charge in [0.05, 0.1) is 5.75 Å². The Kier molecular flexibility index (Phi) is 6.47. The minimum absolute atomic E-state index is 0.0391. The number of rotatable bonds is 7. The zero-order valence-corrected chi connectivity index (χ0v) is 16.3. The van der Waals surface area contributed by atoms with Gasteiger partial charge >= 0.3 is 10.1 Å². The molecule has 2 aromatic rings. The molecule has 0 N–H and O–H groups in total. The van der Waals surface area contributed by atoms with Gasteiger partial charge in [-0.15, -0.1) is 0 Å². The average Bonchev–Trinajstić information content (AvgIpc) is 2.55. The highest BCUT2D eigenvalue weighted by Crippen LogP contribution is 2.36. The Bertz CT molecular complexity index is 742. The molecule has 1 atom stereocenters. The van der Waals surface area contributed by atoms with Crippen molar-refractivity contribution in [1.29, 1.82) is 0 Å². The van der Waals surface area contributed by atoms with Gasteiger partial charge < -0.3 is 4.18 Å². The van der Waals surface area contributed by atoms with Crippen molar-refractivity contribution in [2.24, 2.45) is 0 Å². The van der Waals surface area contributed by atoms with E-state index in [0.29, 0.717) is 5.75 Å². The molecule has 2 rings (SSSR count). The number of hydrogen-bond donors (Lipinski definition) is 0. The Labute approximate surface area is 152 Å². The SMILES string of the molecule is CCS(=O)(=O)Oc1ccc(C)cc1C(CCI)c1ccccc1. The minimum Gasteiger partial charge on any atom is -0.382 e. The molecule has 23 heavy (non-hydrogen) atoms. The molecule has 0 saturated carbocycles. The lowest BCUT2D eigenvalue weighted by molar-refractivity contribution is 0.482. The lowest BCUT2D eigenvalue weighted by atomic mass is 9.88. The lowest BCUT2D eigenvalue weighted by Gasteiger charge is -2.21. The second kappa shape index (κ2) is 8.15. The second-order valence-corrected chi connectivity index (χ2v) is 8.35. The minimum atomic E-state index is -3.54. The van der Waals surface area contributed by atoms with Gasteiger partial charge in [-0.2, -0.15) is 8.42 Å². The number of halogens is 1. The fraction of sp³-hybridized carbons (Fsp3) is 0.333. The van der Waals surface area contributed by atoms with E-state index < -0.39 is 10.1 Å². The van der Waals surface area contributed by atoms with Gasteiger partial charge in [-0.1, -0.05) is 70.6 Å². The summed E-state index contributed by atoms with van der Waals surface area (Å²) in [5.41, 5.74) is 3.20. The highest BCUT2D eigenvalue weighted by Gasteiger charge is 2.21. The first-order chi connectivity index (χ1) is 11.0. The summed E-state index contributed by atoms with van der Waals surface area (Å²) in [4.78, 5) is 0. The van der Waals surface area contributed by atoms with Gasteiger partial charge in [-0.3, -0.25) is 0 Å². The van der Waals surface area contributed by atoms with Gasteiger partial charge in [0.1, 0.15) is 5.75 Å². The Morgan fingerprint density at radius 1 is 1.13 bits per heavy atom. The van der Waals surface area contributed by atoms with E-state index in [9.17, 15) is 8.42 Å².